The summed E-state index contributed by atoms with van der Waals surface area (Å²) in [4.78, 5) is 29.8. The summed E-state index contributed by atoms with van der Waals surface area (Å²) in [7, 11) is 0. The molecule has 6 heteroatoms. The highest BCUT2D eigenvalue weighted by molar-refractivity contribution is 5.80. The second-order valence-electron chi connectivity index (χ2n) is 7.31. The van der Waals surface area contributed by atoms with Crippen molar-refractivity contribution < 1.29 is 19.4 Å². The fourth-order valence-electron chi connectivity index (χ4n) is 2.57. The average Bonchev–Trinajstić information content (AvgIpc) is 2.52. The first-order chi connectivity index (χ1) is 11.7. The molecule has 6 nitrogen and oxygen atoms in total. The van der Waals surface area contributed by atoms with Crippen molar-refractivity contribution in [3.05, 3.63) is 30.1 Å². The van der Waals surface area contributed by atoms with Crippen LogP contribution in [-0.4, -0.2) is 45.2 Å². The number of rotatable bonds is 8. The molecule has 0 fully saturated rings. The van der Waals surface area contributed by atoms with Gasteiger partial charge in [0, 0.05) is 18.9 Å². The maximum atomic E-state index is 12.6. The number of aryl methyl sites for hydroxylation is 1. The molecule has 0 radical (unpaired) electrons. The molecular weight excluding hydrogens is 320 g/mol. The van der Waals surface area contributed by atoms with Crippen LogP contribution in [0.5, 0.6) is 0 Å². The summed E-state index contributed by atoms with van der Waals surface area (Å²) in [6.07, 6.45) is 4.94. The highest BCUT2D eigenvalue weighted by atomic mass is 16.6. The van der Waals surface area contributed by atoms with Gasteiger partial charge in [-0.25, -0.2) is 9.59 Å². The highest BCUT2D eigenvalue weighted by Crippen LogP contribution is 2.20. The third-order valence-corrected chi connectivity index (χ3v) is 3.99. The molecule has 0 saturated carbocycles. The normalized spacial score (nSPS) is 13.8. The zero-order chi connectivity index (χ0) is 19.0. The molecule has 0 bridgehead atoms. The van der Waals surface area contributed by atoms with Crippen LogP contribution in [0.4, 0.5) is 4.79 Å². The van der Waals surface area contributed by atoms with E-state index in [2.05, 4.69) is 4.98 Å². The molecule has 0 aliphatic carbocycles. The van der Waals surface area contributed by atoms with Crippen LogP contribution in [0, 0.1) is 5.92 Å². The zero-order valence-corrected chi connectivity index (χ0v) is 15.9. The maximum Gasteiger partial charge on any atom is 0.411 e. The minimum absolute atomic E-state index is 0.164. The van der Waals surface area contributed by atoms with Gasteiger partial charge in [0.15, 0.2) is 0 Å². The third kappa shape index (κ3) is 7.11. The lowest BCUT2D eigenvalue weighted by atomic mass is 9.97. The molecule has 1 amide bonds. The molecule has 0 saturated heterocycles. The van der Waals surface area contributed by atoms with Gasteiger partial charge < -0.3 is 9.84 Å². The standard InChI is InChI=1S/C19H30N2O4/c1-6-14(2)16(17(22)23)21(18(24)25-19(3,4)5)12-8-10-15-9-7-11-20-13-15/h7,9,11,13-14,16H,6,8,10,12H2,1-5H3,(H,22,23). The highest BCUT2D eigenvalue weighted by Gasteiger charge is 2.35. The average molecular weight is 350 g/mol. The summed E-state index contributed by atoms with van der Waals surface area (Å²) in [5.41, 5.74) is 0.388. The Morgan fingerprint density at radius 1 is 1.36 bits per heavy atom. The molecule has 0 aliphatic rings. The number of nitrogens with zero attached hydrogens (tertiary/aromatic N) is 2. The topological polar surface area (TPSA) is 79.7 Å². The molecule has 0 aliphatic heterocycles. The molecule has 0 aromatic carbocycles. The first kappa shape index (κ1) is 20.9. The van der Waals surface area contributed by atoms with E-state index in [4.69, 9.17) is 4.74 Å². The molecular formula is C19H30N2O4. The van der Waals surface area contributed by atoms with E-state index < -0.39 is 23.7 Å². The number of carboxylic acids is 1. The number of hydrogen-bond acceptors (Lipinski definition) is 4. The molecule has 1 rings (SSSR count). The summed E-state index contributed by atoms with van der Waals surface area (Å²) in [5, 5.41) is 9.65. The van der Waals surface area contributed by atoms with Crippen molar-refractivity contribution in [3.63, 3.8) is 0 Å². The van der Waals surface area contributed by atoms with Crippen molar-refractivity contribution in [2.45, 2.75) is 65.5 Å². The number of ether oxygens (including phenoxy) is 1. The summed E-state index contributed by atoms with van der Waals surface area (Å²) < 4.78 is 5.44. The van der Waals surface area contributed by atoms with Crippen LogP contribution < -0.4 is 0 Å². The van der Waals surface area contributed by atoms with Crippen LogP contribution in [0.1, 0.15) is 53.0 Å². The van der Waals surface area contributed by atoms with Gasteiger partial charge in [-0.1, -0.05) is 26.3 Å². The number of amides is 1. The van der Waals surface area contributed by atoms with E-state index in [0.29, 0.717) is 19.4 Å². The van der Waals surface area contributed by atoms with Gasteiger partial charge in [-0.2, -0.15) is 0 Å². The smallest absolute Gasteiger partial charge is 0.411 e. The molecule has 25 heavy (non-hydrogen) atoms. The lowest BCUT2D eigenvalue weighted by molar-refractivity contribution is -0.145. The van der Waals surface area contributed by atoms with E-state index in [1.54, 1.807) is 33.2 Å². The summed E-state index contributed by atoms with van der Waals surface area (Å²) in [6.45, 7) is 9.42. The van der Waals surface area contributed by atoms with Gasteiger partial charge in [0.25, 0.3) is 0 Å². The van der Waals surface area contributed by atoms with Crippen LogP contribution in [0.2, 0.25) is 0 Å². The predicted molar refractivity (Wildman–Crippen MR) is 96.4 cm³/mol. The van der Waals surface area contributed by atoms with Gasteiger partial charge >= 0.3 is 12.1 Å². The van der Waals surface area contributed by atoms with Crippen molar-refractivity contribution in [2.75, 3.05) is 6.54 Å². The number of pyridine rings is 1. The molecule has 1 aromatic heterocycles. The van der Waals surface area contributed by atoms with Crippen LogP contribution in [-0.2, 0) is 16.0 Å². The Morgan fingerprint density at radius 2 is 2.04 bits per heavy atom. The number of carbonyl (C=O) groups is 2. The minimum Gasteiger partial charge on any atom is -0.480 e. The summed E-state index contributed by atoms with van der Waals surface area (Å²) in [6, 6.07) is 2.93. The van der Waals surface area contributed by atoms with E-state index in [9.17, 15) is 14.7 Å². The SMILES string of the molecule is CCC(C)C(C(=O)O)N(CCCc1cccnc1)C(=O)OC(C)(C)C. The third-order valence-electron chi connectivity index (χ3n) is 3.99. The lowest BCUT2D eigenvalue weighted by Crippen LogP contribution is -2.50. The van der Waals surface area contributed by atoms with Crippen LogP contribution in [0.3, 0.4) is 0 Å². The van der Waals surface area contributed by atoms with E-state index in [-0.39, 0.29) is 5.92 Å². The van der Waals surface area contributed by atoms with Crippen molar-refractivity contribution in [2.24, 2.45) is 5.92 Å². The van der Waals surface area contributed by atoms with E-state index in [0.717, 1.165) is 12.0 Å². The Bertz CT molecular complexity index is 554. The molecule has 1 heterocycles. The Hall–Kier alpha value is -2.11. The van der Waals surface area contributed by atoms with E-state index in [1.165, 1.54) is 4.90 Å². The van der Waals surface area contributed by atoms with Gasteiger partial charge in [-0.3, -0.25) is 9.88 Å². The number of carbonyl (C=O) groups excluding carboxylic acids is 1. The predicted octanol–water partition coefficient (Wildman–Crippen LogP) is 3.75. The lowest BCUT2D eigenvalue weighted by Gasteiger charge is -2.34. The van der Waals surface area contributed by atoms with Crippen LogP contribution in [0.15, 0.2) is 24.5 Å². The van der Waals surface area contributed by atoms with E-state index >= 15 is 0 Å². The second kappa shape index (κ2) is 9.39. The molecule has 0 spiro atoms. The molecule has 1 N–H and O–H groups in total. The molecule has 2 atom stereocenters. The molecule has 1 aromatic rings. The second-order valence-corrected chi connectivity index (χ2v) is 7.31. The zero-order valence-electron chi connectivity index (χ0n) is 15.9. The minimum atomic E-state index is -0.999. The van der Waals surface area contributed by atoms with Crippen molar-refractivity contribution in [3.8, 4) is 0 Å². The molecule has 140 valence electrons. The van der Waals surface area contributed by atoms with Gasteiger partial charge in [-0.05, 0) is 51.2 Å². The van der Waals surface area contributed by atoms with Crippen molar-refractivity contribution in [1.29, 1.82) is 0 Å². The van der Waals surface area contributed by atoms with E-state index in [1.807, 2.05) is 26.0 Å². The fraction of sp³-hybridized carbons (Fsp3) is 0.632. The van der Waals surface area contributed by atoms with Gasteiger partial charge in [0.2, 0.25) is 0 Å². The number of aliphatic carboxylic acids is 1. The van der Waals surface area contributed by atoms with Gasteiger partial charge in [-0.15, -0.1) is 0 Å². The largest absolute Gasteiger partial charge is 0.480 e. The van der Waals surface area contributed by atoms with Gasteiger partial charge in [0.1, 0.15) is 11.6 Å². The Morgan fingerprint density at radius 3 is 2.52 bits per heavy atom. The Kier molecular flexibility index (Phi) is 7.87. The number of hydrogen-bond donors (Lipinski definition) is 1. The monoisotopic (exact) mass is 350 g/mol. The van der Waals surface area contributed by atoms with Crippen molar-refractivity contribution in [1.82, 2.24) is 9.88 Å². The van der Waals surface area contributed by atoms with Crippen LogP contribution >= 0.6 is 0 Å². The first-order valence-corrected chi connectivity index (χ1v) is 8.77. The first-order valence-electron chi connectivity index (χ1n) is 8.77. The fourth-order valence-corrected chi connectivity index (χ4v) is 2.57. The van der Waals surface area contributed by atoms with Crippen LogP contribution in [0.25, 0.3) is 0 Å². The summed E-state index contributed by atoms with van der Waals surface area (Å²) in [5.74, 6) is -1.16. The molecule has 2 unspecified atom stereocenters. The quantitative estimate of drug-likeness (QED) is 0.772. The summed E-state index contributed by atoms with van der Waals surface area (Å²) >= 11 is 0. The Balaban J connectivity index is 2.89. The van der Waals surface area contributed by atoms with Crippen molar-refractivity contribution >= 4 is 12.1 Å². The number of aromatic nitrogens is 1. The number of carboxylic acid groups (broad SMARTS) is 1. The maximum absolute atomic E-state index is 12.6. The van der Waals surface area contributed by atoms with Gasteiger partial charge in [0.05, 0.1) is 0 Å². The Labute approximate surface area is 150 Å².